The van der Waals surface area contributed by atoms with Crippen LogP contribution in [0, 0.1) is 0 Å². The Morgan fingerprint density at radius 2 is 1.83 bits per heavy atom. The summed E-state index contributed by atoms with van der Waals surface area (Å²) in [6.07, 6.45) is 2.52. The lowest BCUT2D eigenvalue weighted by Crippen LogP contribution is -2.34. The first-order chi connectivity index (χ1) is 5.70. The van der Waals surface area contributed by atoms with Crippen molar-refractivity contribution >= 4 is 11.8 Å². The van der Waals surface area contributed by atoms with Crippen LogP contribution in [-0.4, -0.2) is 23.6 Å². The molecule has 1 nitrogen and oxygen atoms in total. The number of hydrogen-bond donors (Lipinski definition) is 1. The Morgan fingerprint density at radius 3 is 2.33 bits per heavy atom. The van der Waals surface area contributed by atoms with Crippen molar-refractivity contribution < 1.29 is 0 Å². The molecule has 74 valence electrons. The zero-order valence-electron chi connectivity index (χ0n) is 8.89. The summed E-state index contributed by atoms with van der Waals surface area (Å²) in [6.45, 7) is 8.98. The molecule has 0 saturated heterocycles. The van der Waals surface area contributed by atoms with Crippen molar-refractivity contribution in [3.8, 4) is 0 Å². The van der Waals surface area contributed by atoms with Gasteiger partial charge in [0.15, 0.2) is 0 Å². The zero-order chi connectivity index (χ0) is 9.40. The molecule has 2 unspecified atom stereocenters. The van der Waals surface area contributed by atoms with Gasteiger partial charge in [0.2, 0.25) is 0 Å². The summed E-state index contributed by atoms with van der Waals surface area (Å²) in [4.78, 5) is 0. The van der Waals surface area contributed by atoms with E-state index in [2.05, 4.69) is 33.0 Å². The van der Waals surface area contributed by atoms with E-state index in [4.69, 9.17) is 0 Å². The van der Waals surface area contributed by atoms with Gasteiger partial charge in [-0.3, -0.25) is 0 Å². The number of hydrogen-bond acceptors (Lipinski definition) is 2. The van der Waals surface area contributed by atoms with Crippen LogP contribution < -0.4 is 5.32 Å². The standard InChI is InChI=1S/C10H23NS/c1-5-9(3)11-10(4)7-8-12-6-2/h9-11H,5-8H2,1-4H3. The van der Waals surface area contributed by atoms with Gasteiger partial charge < -0.3 is 5.32 Å². The van der Waals surface area contributed by atoms with Crippen molar-refractivity contribution in [2.24, 2.45) is 0 Å². The molecule has 0 aromatic carbocycles. The van der Waals surface area contributed by atoms with E-state index in [1.54, 1.807) is 0 Å². The van der Waals surface area contributed by atoms with Crippen molar-refractivity contribution in [2.45, 2.75) is 52.6 Å². The molecule has 0 aliphatic rings. The highest BCUT2D eigenvalue weighted by molar-refractivity contribution is 7.99. The first-order valence-electron chi connectivity index (χ1n) is 5.04. The molecule has 1 N–H and O–H groups in total. The van der Waals surface area contributed by atoms with Crippen molar-refractivity contribution in [1.29, 1.82) is 0 Å². The Hall–Kier alpha value is 0.310. The van der Waals surface area contributed by atoms with E-state index >= 15 is 0 Å². The predicted octanol–water partition coefficient (Wildman–Crippen LogP) is 2.91. The van der Waals surface area contributed by atoms with Crippen molar-refractivity contribution in [3.63, 3.8) is 0 Å². The van der Waals surface area contributed by atoms with Crippen LogP contribution in [0.15, 0.2) is 0 Å². The molecular formula is C10H23NS. The lowest BCUT2D eigenvalue weighted by Gasteiger charge is -2.18. The maximum absolute atomic E-state index is 3.58. The van der Waals surface area contributed by atoms with Crippen molar-refractivity contribution in [3.05, 3.63) is 0 Å². The first-order valence-corrected chi connectivity index (χ1v) is 6.19. The summed E-state index contributed by atoms with van der Waals surface area (Å²) in [7, 11) is 0. The minimum Gasteiger partial charge on any atom is -0.312 e. The molecule has 0 amide bonds. The number of nitrogens with one attached hydrogen (secondary N) is 1. The average Bonchev–Trinajstić information content (AvgIpc) is 2.05. The van der Waals surface area contributed by atoms with Gasteiger partial charge in [0.25, 0.3) is 0 Å². The third kappa shape index (κ3) is 6.99. The van der Waals surface area contributed by atoms with Crippen LogP contribution in [0.2, 0.25) is 0 Å². The Labute approximate surface area is 81.7 Å². The van der Waals surface area contributed by atoms with Crippen LogP contribution >= 0.6 is 11.8 Å². The molecule has 0 bridgehead atoms. The summed E-state index contributed by atoms with van der Waals surface area (Å²) < 4.78 is 0. The highest BCUT2D eigenvalue weighted by Gasteiger charge is 2.04. The van der Waals surface area contributed by atoms with E-state index in [0.29, 0.717) is 12.1 Å². The van der Waals surface area contributed by atoms with E-state index in [0.717, 1.165) is 0 Å². The van der Waals surface area contributed by atoms with Crippen LogP contribution in [0.1, 0.15) is 40.5 Å². The minimum absolute atomic E-state index is 0.673. The second-order valence-corrected chi connectivity index (χ2v) is 4.76. The topological polar surface area (TPSA) is 12.0 Å². The van der Waals surface area contributed by atoms with Gasteiger partial charge >= 0.3 is 0 Å². The van der Waals surface area contributed by atoms with Gasteiger partial charge in [0, 0.05) is 12.1 Å². The lowest BCUT2D eigenvalue weighted by atomic mass is 10.2. The van der Waals surface area contributed by atoms with Gasteiger partial charge in [-0.2, -0.15) is 11.8 Å². The van der Waals surface area contributed by atoms with Gasteiger partial charge in [0.05, 0.1) is 0 Å². The normalized spacial score (nSPS) is 16.0. The molecule has 0 aliphatic carbocycles. The summed E-state index contributed by atoms with van der Waals surface area (Å²) in [6, 6.07) is 1.35. The highest BCUT2D eigenvalue weighted by atomic mass is 32.2. The third-order valence-electron chi connectivity index (χ3n) is 2.08. The second kappa shape index (κ2) is 7.93. The fourth-order valence-electron chi connectivity index (χ4n) is 1.09. The van der Waals surface area contributed by atoms with E-state index in [1.807, 2.05) is 11.8 Å². The second-order valence-electron chi connectivity index (χ2n) is 3.36. The molecule has 0 radical (unpaired) electrons. The largest absolute Gasteiger partial charge is 0.312 e. The van der Waals surface area contributed by atoms with Gasteiger partial charge in [-0.15, -0.1) is 0 Å². The molecule has 12 heavy (non-hydrogen) atoms. The van der Waals surface area contributed by atoms with E-state index in [1.165, 1.54) is 24.3 Å². The zero-order valence-corrected chi connectivity index (χ0v) is 9.71. The molecule has 0 aliphatic heterocycles. The molecule has 2 atom stereocenters. The van der Waals surface area contributed by atoms with Crippen molar-refractivity contribution in [1.82, 2.24) is 5.32 Å². The van der Waals surface area contributed by atoms with Crippen LogP contribution in [0.4, 0.5) is 0 Å². The van der Waals surface area contributed by atoms with Gasteiger partial charge in [0.1, 0.15) is 0 Å². The molecule has 0 aromatic heterocycles. The molecular weight excluding hydrogens is 166 g/mol. The predicted molar refractivity (Wildman–Crippen MR) is 60.0 cm³/mol. The Balaban J connectivity index is 3.26. The number of thioether (sulfide) groups is 1. The quantitative estimate of drug-likeness (QED) is 0.618. The van der Waals surface area contributed by atoms with Gasteiger partial charge in [-0.1, -0.05) is 13.8 Å². The summed E-state index contributed by atoms with van der Waals surface area (Å²) in [5.41, 5.74) is 0. The monoisotopic (exact) mass is 189 g/mol. The molecule has 0 spiro atoms. The fraction of sp³-hybridized carbons (Fsp3) is 1.00. The third-order valence-corrected chi connectivity index (χ3v) is 3.01. The lowest BCUT2D eigenvalue weighted by molar-refractivity contribution is 0.451. The Bertz CT molecular complexity index is 95.8. The maximum atomic E-state index is 3.58. The van der Waals surface area contributed by atoms with Gasteiger partial charge in [-0.05, 0) is 38.2 Å². The minimum atomic E-state index is 0.673. The fourth-order valence-corrected chi connectivity index (χ4v) is 1.90. The molecule has 0 rings (SSSR count). The van der Waals surface area contributed by atoms with Crippen LogP contribution in [0.3, 0.4) is 0 Å². The summed E-state index contributed by atoms with van der Waals surface area (Å²) in [5, 5.41) is 3.58. The first kappa shape index (κ1) is 12.3. The average molecular weight is 189 g/mol. The van der Waals surface area contributed by atoms with E-state index < -0.39 is 0 Å². The Morgan fingerprint density at radius 1 is 1.17 bits per heavy atom. The van der Waals surface area contributed by atoms with Crippen LogP contribution in [0.25, 0.3) is 0 Å². The maximum Gasteiger partial charge on any atom is 0.00490 e. The molecule has 0 saturated carbocycles. The smallest absolute Gasteiger partial charge is 0.00490 e. The molecule has 0 heterocycles. The highest BCUT2D eigenvalue weighted by Crippen LogP contribution is 2.04. The van der Waals surface area contributed by atoms with E-state index in [-0.39, 0.29) is 0 Å². The molecule has 0 aromatic rings. The SMILES string of the molecule is CCSCCC(C)NC(C)CC. The van der Waals surface area contributed by atoms with E-state index in [9.17, 15) is 0 Å². The Kier molecular flexibility index (Phi) is 8.14. The summed E-state index contributed by atoms with van der Waals surface area (Å²) >= 11 is 2.03. The molecule has 2 heteroatoms. The van der Waals surface area contributed by atoms with Gasteiger partial charge in [-0.25, -0.2) is 0 Å². The summed E-state index contributed by atoms with van der Waals surface area (Å²) in [5.74, 6) is 2.54. The van der Waals surface area contributed by atoms with Crippen LogP contribution in [-0.2, 0) is 0 Å². The number of rotatable bonds is 7. The van der Waals surface area contributed by atoms with Crippen molar-refractivity contribution in [2.75, 3.05) is 11.5 Å². The van der Waals surface area contributed by atoms with Crippen LogP contribution in [0.5, 0.6) is 0 Å². The molecule has 0 fully saturated rings.